The number of benzene rings is 1. The van der Waals surface area contributed by atoms with Gasteiger partial charge in [-0.15, -0.1) is 11.8 Å². The molecule has 0 amide bonds. The molecular formula is C10H11N3OS. The lowest BCUT2D eigenvalue weighted by Gasteiger charge is -2.02. The van der Waals surface area contributed by atoms with E-state index < -0.39 is 0 Å². The lowest BCUT2D eigenvalue weighted by Crippen LogP contribution is -1.89. The lowest BCUT2D eigenvalue weighted by atomic mass is 10.2. The Kier molecular flexibility index (Phi) is 2.91. The van der Waals surface area contributed by atoms with Crippen LogP contribution < -0.4 is 5.73 Å². The van der Waals surface area contributed by atoms with Gasteiger partial charge in [0.2, 0.25) is 5.89 Å². The van der Waals surface area contributed by atoms with Crippen LogP contribution in [0.3, 0.4) is 0 Å². The Bertz CT molecular complexity index is 442. The van der Waals surface area contributed by atoms with Gasteiger partial charge in [-0.2, -0.15) is 4.98 Å². The van der Waals surface area contributed by atoms with E-state index in [1.165, 1.54) is 6.33 Å². The molecule has 5 heteroatoms. The van der Waals surface area contributed by atoms with Crippen molar-refractivity contribution in [1.29, 1.82) is 0 Å². The SMILES string of the molecule is Cc1cc(SCc2ncno2)ccc1N. The van der Waals surface area contributed by atoms with Crippen molar-refractivity contribution in [2.24, 2.45) is 0 Å². The van der Waals surface area contributed by atoms with Gasteiger partial charge in [-0.05, 0) is 30.7 Å². The number of thioether (sulfide) groups is 1. The third-order valence-corrected chi connectivity index (χ3v) is 2.99. The van der Waals surface area contributed by atoms with Gasteiger partial charge in [0.25, 0.3) is 0 Å². The van der Waals surface area contributed by atoms with Crippen molar-refractivity contribution in [2.45, 2.75) is 17.6 Å². The monoisotopic (exact) mass is 221 g/mol. The number of nitrogens with two attached hydrogens (primary N) is 1. The van der Waals surface area contributed by atoms with Crippen LogP contribution in [0.5, 0.6) is 0 Å². The number of aryl methyl sites for hydroxylation is 1. The van der Waals surface area contributed by atoms with Crippen LogP contribution in [0.4, 0.5) is 5.69 Å². The first kappa shape index (κ1) is 10.0. The molecule has 0 saturated heterocycles. The minimum atomic E-state index is 0.634. The molecule has 15 heavy (non-hydrogen) atoms. The van der Waals surface area contributed by atoms with E-state index in [4.69, 9.17) is 10.3 Å². The minimum Gasteiger partial charge on any atom is -0.399 e. The van der Waals surface area contributed by atoms with Gasteiger partial charge in [0.05, 0.1) is 5.75 Å². The van der Waals surface area contributed by atoms with Crippen molar-refractivity contribution in [1.82, 2.24) is 10.1 Å². The molecule has 2 aromatic rings. The second kappa shape index (κ2) is 4.35. The van der Waals surface area contributed by atoms with Gasteiger partial charge in [0.1, 0.15) is 0 Å². The molecule has 2 N–H and O–H groups in total. The molecule has 1 aromatic heterocycles. The first-order chi connectivity index (χ1) is 7.25. The van der Waals surface area contributed by atoms with Crippen LogP contribution in [0.25, 0.3) is 0 Å². The van der Waals surface area contributed by atoms with Crippen molar-refractivity contribution in [3.8, 4) is 0 Å². The fraction of sp³-hybridized carbons (Fsp3) is 0.200. The van der Waals surface area contributed by atoms with Crippen LogP contribution in [0.1, 0.15) is 11.5 Å². The molecule has 1 aromatic carbocycles. The second-order valence-corrected chi connectivity index (χ2v) is 4.19. The highest BCUT2D eigenvalue weighted by Gasteiger charge is 2.02. The summed E-state index contributed by atoms with van der Waals surface area (Å²) in [4.78, 5) is 5.10. The smallest absolute Gasteiger partial charge is 0.236 e. The molecule has 0 fully saturated rings. The summed E-state index contributed by atoms with van der Waals surface area (Å²) >= 11 is 1.65. The number of anilines is 1. The summed E-state index contributed by atoms with van der Waals surface area (Å²) < 4.78 is 4.90. The first-order valence-corrected chi connectivity index (χ1v) is 5.49. The molecule has 0 aliphatic heterocycles. The Hall–Kier alpha value is -1.49. The Morgan fingerprint density at radius 3 is 3.00 bits per heavy atom. The molecule has 0 saturated carbocycles. The van der Waals surface area contributed by atoms with E-state index in [2.05, 4.69) is 16.2 Å². The van der Waals surface area contributed by atoms with E-state index in [1.54, 1.807) is 11.8 Å². The molecule has 0 aliphatic carbocycles. The Morgan fingerprint density at radius 1 is 1.47 bits per heavy atom. The van der Waals surface area contributed by atoms with Gasteiger partial charge < -0.3 is 10.3 Å². The number of rotatable bonds is 3. The number of hydrogen-bond acceptors (Lipinski definition) is 5. The van der Waals surface area contributed by atoms with Gasteiger partial charge in [-0.3, -0.25) is 0 Å². The average Bonchev–Trinajstić information content (AvgIpc) is 2.73. The zero-order chi connectivity index (χ0) is 10.7. The fourth-order valence-corrected chi connectivity index (χ4v) is 1.98. The molecule has 1 heterocycles. The summed E-state index contributed by atoms with van der Waals surface area (Å²) in [5.41, 5.74) is 7.63. The number of aromatic nitrogens is 2. The summed E-state index contributed by atoms with van der Waals surface area (Å²) in [5, 5.41) is 3.55. The molecule has 0 aliphatic rings. The van der Waals surface area contributed by atoms with Crippen molar-refractivity contribution < 1.29 is 4.52 Å². The van der Waals surface area contributed by atoms with Crippen molar-refractivity contribution in [3.05, 3.63) is 36.0 Å². The Balaban J connectivity index is 2.02. The van der Waals surface area contributed by atoms with E-state index in [1.807, 2.05) is 19.1 Å². The first-order valence-electron chi connectivity index (χ1n) is 4.50. The van der Waals surface area contributed by atoms with E-state index in [9.17, 15) is 0 Å². The third kappa shape index (κ3) is 2.50. The van der Waals surface area contributed by atoms with E-state index >= 15 is 0 Å². The van der Waals surface area contributed by atoms with Crippen molar-refractivity contribution >= 4 is 17.4 Å². The van der Waals surface area contributed by atoms with E-state index in [0.29, 0.717) is 11.6 Å². The highest BCUT2D eigenvalue weighted by molar-refractivity contribution is 7.98. The van der Waals surface area contributed by atoms with Crippen molar-refractivity contribution in [2.75, 3.05) is 5.73 Å². The zero-order valence-electron chi connectivity index (χ0n) is 8.30. The predicted octanol–water partition coefficient (Wildman–Crippen LogP) is 2.25. The van der Waals surface area contributed by atoms with Crippen LogP contribution in [0.2, 0.25) is 0 Å². The van der Waals surface area contributed by atoms with Gasteiger partial charge in [-0.25, -0.2) is 0 Å². The summed E-state index contributed by atoms with van der Waals surface area (Å²) in [6.45, 7) is 1.99. The molecule has 0 spiro atoms. The molecule has 0 atom stereocenters. The van der Waals surface area contributed by atoms with Crippen LogP contribution in [0.15, 0.2) is 33.9 Å². The molecule has 0 unspecified atom stereocenters. The molecule has 0 bridgehead atoms. The van der Waals surface area contributed by atoms with E-state index in [-0.39, 0.29) is 0 Å². The van der Waals surface area contributed by atoms with Crippen LogP contribution in [-0.2, 0) is 5.75 Å². The van der Waals surface area contributed by atoms with Gasteiger partial charge in [0, 0.05) is 10.6 Å². The summed E-state index contributed by atoms with van der Waals surface area (Å²) in [7, 11) is 0. The highest BCUT2D eigenvalue weighted by Crippen LogP contribution is 2.24. The van der Waals surface area contributed by atoms with E-state index in [0.717, 1.165) is 16.1 Å². The maximum atomic E-state index is 5.73. The number of nitrogens with zero attached hydrogens (tertiary/aromatic N) is 2. The third-order valence-electron chi connectivity index (χ3n) is 2.01. The molecule has 0 radical (unpaired) electrons. The normalized spacial score (nSPS) is 10.5. The topological polar surface area (TPSA) is 64.9 Å². The maximum Gasteiger partial charge on any atom is 0.236 e. The molecule has 4 nitrogen and oxygen atoms in total. The molecular weight excluding hydrogens is 210 g/mol. The zero-order valence-corrected chi connectivity index (χ0v) is 9.12. The average molecular weight is 221 g/mol. The Labute approximate surface area is 91.9 Å². The standard InChI is InChI=1S/C10H11N3OS/c1-7-4-8(2-3-9(7)11)15-5-10-12-6-13-14-10/h2-4,6H,5,11H2,1H3. The maximum absolute atomic E-state index is 5.73. The predicted molar refractivity (Wildman–Crippen MR) is 59.5 cm³/mol. The summed E-state index contributed by atoms with van der Waals surface area (Å²) in [5.74, 6) is 1.32. The van der Waals surface area contributed by atoms with Crippen LogP contribution in [0, 0.1) is 6.92 Å². The molecule has 2 rings (SSSR count). The van der Waals surface area contributed by atoms with Crippen molar-refractivity contribution in [3.63, 3.8) is 0 Å². The van der Waals surface area contributed by atoms with Gasteiger partial charge >= 0.3 is 0 Å². The number of nitrogen functional groups attached to an aromatic ring is 1. The number of hydrogen-bond donors (Lipinski definition) is 1. The molecule has 78 valence electrons. The largest absolute Gasteiger partial charge is 0.399 e. The summed E-state index contributed by atoms with van der Waals surface area (Å²) in [6.07, 6.45) is 1.41. The van der Waals surface area contributed by atoms with Gasteiger partial charge in [-0.1, -0.05) is 5.16 Å². The van der Waals surface area contributed by atoms with Crippen LogP contribution in [-0.4, -0.2) is 10.1 Å². The van der Waals surface area contributed by atoms with Gasteiger partial charge in [0.15, 0.2) is 6.33 Å². The quantitative estimate of drug-likeness (QED) is 0.636. The summed E-state index contributed by atoms with van der Waals surface area (Å²) in [6, 6.07) is 5.95. The second-order valence-electron chi connectivity index (χ2n) is 3.14. The lowest BCUT2D eigenvalue weighted by molar-refractivity contribution is 0.390. The minimum absolute atomic E-state index is 0.634. The fourth-order valence-electron chi connectivity index (χ4n) is 1.14. The highest BCUT2D eigenvalue weighted by atomic mass is 32.2. The van der Waals surface area contributed by atoms with Crippen LogP contribution >= 0.6 is 11.8 Å². The Morgan fingerprint density at radius 2 is 2.33 bits per heavy atom.